The zero-order valence-corrected chi connectivity index (χ0v) is 11.8. The average Bonchev–Trinajstić information content (AvgIpc) is 2.83. The molecule has 1 aliphatic heterocycles. The lowest BCUT2D eigenvalue weighted by Crippen LogP contribution is -2.35. The number of rotatable bonds is 3. The van der Waals surface area contributed by atoms with E-state index in [1.807, 2.05) is 0 Å². The van der Waals surface area contributed by atoms with Crippen LogP contribution in [0.3, 0.4) is 0 Å². The van der Waals surface area contributed by atoms with Crippen molar-refractivity contribution in [1.82, 2.24) is 10.3 Å². The van der Waals surface area contributed by atoms with E-state index < -0.39 is 0 Å². The van der Waals surface area contributed by atoms with Crippen LogP contribution in [-0.2, 0) is 6.42 Å². The average molecular weight is 258 g/mol. The summed E-state index contributed by atoms with van der Waals surface area (Å²) in [6.45, 7) is 5.38. The Morgan fingerprint density at radius 2 is 2.26 bits per heavy atom. The Labute approximate surface area is 114 Å². The molecule has 0 aliphatic carbocycles. The predicted molar refractivity (Wildman–Crippen MR) is 77.4 cm³/mol. The van der Waals surface area contributed by atoms with E-state index in [2.05, 4.69) is 42.3 Å². The minimum absolute atomic E-state index is 0.343. The first kappa shape index (κ1) is 12.7. The van der Waals surface area contributed by atoms with E-state index in [4.69, 9.17) is 4.42 Å². The van der Waals surface area contributed by atoms with E-state index in [0.29, 0.717) is 12.0 Å². The lowest BCUT2D eigenvalue weighted by atomic mass is 9.98. The number of fused-ring (bicyclic) bond motifs is 1. The van der Waals surface area contributed by atoms with Crippen LogP contribution < -0.4 is 5.32 Å². The molecule has 1 N–H and O–H groups in total. The van der Waals surface area contributed by atoms with Crippen molar-refractivity contribution < 1.29 is 4.42 Å². The smallest absolute Gasteiger partial charge is 0.198 e. The molecule has 3 heteroatoms. The fraction of sp³-hybridized carbons (Fsp3) is 0.562. The molecule has 1 fully saturated rings. The van der Waals surface area contributed by atoms with Gasteiger partial charge in [-0.2, -0.15) is 0 Å². The molecule has 2 heterocycles. The second-order valence-electron chi connectivity index (χ2n) is 5.86. The quantitative estimate of drug-likeness (QED) is 0.913. The molecule has 2 aromatic rings. The molecule has 1 aromatic carbocycles. The summed E-state index contributed by atoms with van der Waals surface area (Å²) < 4.78 is 5.75. The van der Waals surface area contributed by atoms with Gasteiger partial charge in [-0.1, -0.05) is 26.3 Å². The fourth-order valence-electron chi connectivity index (χ4n) is 2.75. The number of benzene rings is 1. The summed E-state index contributed by atoms with van der Waals surface area (Å²) in [6.07, 6.45) is 5.05. The Morgan fingerprint density at radius 1 is 1.37 bits per heavy atom. The van der Waals surface area contributed by atoms with Gasteiger partial charge in [0.05, 0.1) is 0 Å². The van der Waals surface area contributed by atoms with Crippen molar-refractivity contribution in [3.05, 3.63) is 29.7 Å². The SMILES string of the molecule is CC(C)c1nc2cc(CC3CCCCN3)ccc2o1. The summed E-state index contributed by atoms with van der Waals surface area (Å²) in [5.41, 5.74) is 3.26. The van der Waals surface area contributed by atoms with Gasteiger partial charge in [0.15, 0.2) is 11.5 Å². The summed E-state index contributed by atoms with van der Waals surface area (Å²) in [7, 11) is 0. The van der Waals surface area contributed by atoms with Crippen LogP contribution in [0.5, 0.6) is 0 Å². The van der Waals surface area contributed by atoms with Gasteiger partial charge in [-0.05, 0) is 43.5 Å². The van der Waals surface area contributed by atoms with Gasteiger partial charge in [0.25, 0.3) is 0 Å². The number of nitrogens with zero attached hydrogens (tertiary/aromatic N) is 1. The van der Waals surface area contributed by atoms with Crippen molar-refractivity contribution in [2.75, 3.05) is 6.54 Å². The number of aromatic nitrogens is 1. The topological polar surface area (TPSA) is 38.1 Å². The van der Waals surface area contributed by atoms with Crippen LogP contribution in [0, 0.1) is 0 Å². The lowest BCUT2D eigenvalue weighted by molar-refractivity contribution is 0.399. The molecule has 102 valence electrons. The number of nitrogens with one attached hydrogen (secondary N) is 1. The van der Waals surface area contributed by atoms with Gasteiger partial charge in [0.1, 0.15) is 5.52 Å². The summed E-state index contributed by atoms with van der Waals surface area (Å²) in [5.74, 6) is 1.18. The van der Waals surface area contributed by atoms with Crippen LogP contribution in [0.1, 0.15) is 50.5 Å². The van der Waals surface area contributed by atoms with Crippen molar-refractivity contribution in [2.45, 2.75) is 51.5 Å². The molecule has 0 saturated carbocycles. The van der Waals surface area contributed by atoms with Crippen molar-refractivity contribution in [3.8, 4) is 0 Å². The molecule has 1 atom stereocenters. The zero-order chi connectivity index (χ0) is 13.2. The normalized spacial score (nSPS) is 20.3. The molecule has 19 heavy (non-hydrogen) atoms. The third-order valence-corrected chi connectivity index (χ3v) is 3.86. The van der Waals surface area contributed by atoms with E-state index in [0.717, 1.165) is 30.0 Å². The van der Waals surface area contributed by atoms with E-state index in [1.54, 1.807) is 0 Å². The van der Waals surface area contributed by atoms with Gasteiger partial charge in [0, 0.05) is 12.0 Å². The van der Waals surface area contributed by atoms with Gasteiger partial charge in [0.2, 0.25) is 0 Å². The van der Waals surface area contributed by atoms with Crippen LogP contribution >= 0.6 is 0 Å². The lowest BCUT2D eigenvalue weighted by Gasteiger charge is -2.23. The largest absolute Gasteiger partial charge is 0.440 e. The molecule has 3 rings (SSSR count). The van der Waals surface area contributed by atoms with Crippen LogP contribution in [0.15, 0.2) is 22.6 Å². The van der Waals surface area contributed by atoms with Crippen molar-refractivity contribution in [3.63, 3.8) is 0 Å². The van der Waals surface area contributed by atoms with Gasteiger partial charge in [-0.25, -0.2) is 4.98 Å². The maximum Gasteiger partial charge on any atom is 0.198 e. The van der Waals surface area contributed by atoms with E-state index >= 15 is 0 Å². The monoisotopic (exact) mass is 258 g/mol. The first-order valence-electron chi connectivity index (χ1n) is 7.35. The Bertz CT molecular complexity index is 553. The van der Waals surface area contributed by atoms with Crippen molar-refractivity contribution >= 4 is 11.1 Å². The molecule has 1 aliphatic rings. The fourth-order valence-corrected chi connectivity index (χ4v) is 2.75. The van der Waals surface area contributed by atoms with Gasteiger partial charge in [-0.15, -0.1) is 0 Å². The second-order valence-corrected chi connectivity index (χ2v) is 5.86. The first-order chi connectivity index (χ1) is 9.22. The zero-order valence-electron chi connectivity index (χ0n) is 11.8. The molecule has 3 nitrogen and oxygen atoms in total. The van der Waals surface area contributed by atoms with Gasteiger partial charge >= 0.3 is 0 Å². The first-order valence-corrected chi connectivity index (χ1v) is 7.35. The van der Waals surface area contributed by atoms with Crippen LogP contribution in [-0.4, -0.2) is 17.6 Å². The summed E-state index contributed by atoms with van der Waals surface area (Å²) in [4.78, 5) is 4.58. The molecule has 0 spiro atoms. The Kier molecular flexibility index (Phi) is 3.56. The molecule has 0 radical (unpaired) electrons. The van der Waals surface area contributed by atoms with Gasteiger partial charge < -0.3 is 9.73 Å². The van der Waals surface area contributed by atoms with Crippen molar-refractivity contribution in [2.24, 2.45) is 0 Å². The number of hydrogen-bond acceptors (Lipinski definition) is 3. The highest BCUT2D eigenvalue weighted by molar-refractivity contribution is 5.73. The highest BCUT2D eigenvalue weighted by Gasteiger charge is 2.14. The number of hydrogen-bond donors (Lipinski definition) is 1. The van der Waals surface area contributed by atoms with Crippen LogP contribution in [0.2, 0.25) is 0 Å². The molecular weight excluding hydrogens is 236 g/mol. The summed E-state index contributed by atoms with van der Waals surface area (Å²) in [6, 6.07) is 7.05. The molecule has 0 bridgehead atoms. The Hall–Kier alpha value is -1.35. The minimum atomic E-state index is 0.343. The standard InChI is InChI=1S/C16H22N2O/c1-11(2)16-18-14-10-12(6-7-15(14)19-16)9-13-5-3-4-8-17-13/h6-7,10-11,13,17H,3-5,8-9H2,1-2H3. The highest BCUT2D eigenvalue weighted by atomic mass is 16.3. The second kappa shape index (κ2) is 5.33. The molecule has 0 amide bonds. The predicted octanol–water partition coefficient (Wildman–Crippen LogP) is 3.64. The number of oxazole rings is 1. The molecule has 1 saturated heterocycles. The molecular formula is C16H22N2O. The Morgan fingerprint density at radius 3 is 3.00 bits per heavy atom. The van der Waals surface area contributed by atoms with Crippen molar-refractivity contribution in [1.29, 1.82) is 0 Å². The summed E-state index contributed by atoms with van der Waals surface area (Å²) in [5, 5.41) is 3.60. The highest BCUT2D eigenvalue weighted by Crippen LogP contribution is 2.23. The van der Waals surface area contributed by atoms with E-state index in [9.17, 15) is 0 Å². The number of piperidine rings is 1. The maximum absolute atomic E-state index is 5.75. The maximum atomic E-state index is 5.75. The van der Waals surface area contributed by atoms with Crippen LogP contribution in [0.25, 0.3) is 11.1 Å². The van der Waals surface area contributed by atoms with Gasteiger partial charge in [-0.3, -0.25) is 0 Å². The van der Waals surface area contributed by atoms with E-state index in [-0.39, 0.29) is 0 Å². The minimum Gasteiger partial charge on any atom is -0.440 e. The molecule has 1 unspecified atom stereocenters. The third kappa shape index (κ3) is 2.81. The molecule has 1 aromatic heterocycles. The third-order valence-electron chi connectivity index (χ3n) is 3.86. The van der Waals surface area contributed by atoms with Crippen LogP contribution in [0.4, 0.5) is 0 Å². The van der Waals surface area contributed by atoms with E-state index in [1.165, 1.54) is 24.8 Å². The Balaban J connectivity index is 1.80. The summed E-state index contributed by atoms with van der Waals surface area (Å²) >= 11 is 0.